The summed E-state index contributed by atoms with van der Waals surface area (Å²) in [6, 6.07) is 17.7. The van der Waals surface area contributed by atoms with Crippen molar-refractivity contribution in [3.63, 3.8) is 0 Å². The topological polar surface area (TPSA) is 119 Å². The average Bonchev–Trinajstić information content (AvgIpc) is 3.28. The van der Waals surface area contributed by atoms with Gasteiger partial charge in [-0.3, -0.25) is 14.5 Å². The molecule has 0 saturated carbocycles. The molecule has 0 saturated heterocycles. The van der Waals surface area contributed by atoms with Crippen LogP contribution >= 0.6 is 0 Å². The van der Waals surface area contributed by atoms with Crippen molar-refractivity contribution in [1.29, 1.82) is 0 Å². The van der Waals surface area contributed by atoms with E-state index in [1.165, 1.54) is 29.9 Å². The fourth-order valence-corrected chi connectivity index (χ4v) is 4.17. The molecule has 4 aromatic rings. The van der Waals surface area contributed by atoms with Gasteiger partial charge in [-0.15, -0.1) is 5.10 Å². The van der Waals surface area contributed by atoms with E-state index in [1.54, 1.807) is 36.4 Å². The maximum absolute atomic E-state index is 14.1. The summed E-state index contributed by atoms with van der Waals surface area (Å²) in [6.07, 6.45) is 0. The third-order valence-electron chi connectivity index (χ3n) is 5.83. The predicted octanol–water partition coefficient (Wildman–Crippen LogP) is 3.84. The minimum absolute atomic E-state index is 0.154. The fourth-order valence-electron chi connectivity index (χ4n) is 4.17. The predicted molar refractivity (Wildman–Crippen MR) is 143 cm³/mol. The number of ether oxygens (including phenoxy) is 2. The maximum atomic E-state index is 14.1. The van der Waals surface area contributed by atoms with Crippen LogP contribution in [0.4, 0.5) is 5.69 Å². The first-order valence-corrected chi connectivity index (χ1v) is 12.0. The molecule has 4 rings (SSSR count). The summed E-state index contributed by atoms with van der Waals surface area (Å²) < 4.78 is 12.1. The Morgan fingerprint density at radius 2 is 1.79 bits per heavy atom. The number of anilines is 1. The van der Waals surface area contributed by atoms with E-state index in [2.05, 4.69) is 15.6 Å². The number of nitrogens with zero attached hydrogens (tertiary/aromatic N) is 4. The van der Waals surface area contributed by atoms with E-state index in [0.29, 0.717) is 28.0 Å². The Balaban J connectivity index is 1.86. The van der Waals surface area contributed by atoms with Crippen molar-refractivity contribution >= 4 is 28.5 Å². The van der Waals surface area contributed by atoms with Crippen molar-refractivity contribution in [1.82, 2.24) is 20.3 Å². The molecule has 198 valence electrons. The number of hydrogen-bond donors (Lipinski definition) is 2. The summed E-state index contributed by atoms with van der Waals surface area (Å²) in [5, 5.41) is 21.8. The quantitative estimate of drug-likeness (QED) is 0.364. The number of aromatic hydroxyl groups is 1. The highest BCUT2D eigenvalue weighted by atomic mass is 16.5. The van der Waals surface area contributed by atoms with Crippen LogP contribution in [0.15, 0.2) is 66.7 Å². The van der Waals surface area contributed by atoms with Gasteiger partial charge in [0, 0.05) is 17.3 Å². The molecule has 0 spiro atoms. The van der Waals surface area contributed by atoms with E-state index in [9.17, 15) is 14.7 Å². The zero-order valence-corrected chi connectivity index (χ0v) is 22.0. The first-order valence-electron chi connectivity index (χ1n) is 12.0. The Bertz CT molecular complexity index is 1460. The number of carbonyl (C=O) groups excluding carboxylic acids is 2. The van der Waals surface area contributed by atoms with E-state index in [-0.39, 0.29) is 18.0 Å². The van der Waals surface area contributed by atoms with Gasteiger partial charge in [0.05, 0.1) is 19.7 Å². The number of aromatic nitrogens is 3. The summed E-state index contributed by atoms with van der Waals surface area (Å²) >= 11 is 0. The molecule has 0 radical (unpaired) electrons. The molecule has 0 unspecified atom stereocenters. The monoisotopic (exact) mass is 517 g/mol. The lowest BCUT2D eigenvalue weighted by Gasteiger charge is -2.34. The van der Waals surface area contributed by atoms with Crippen LogP contribution in [-0.2, 0) is 16.1 Å². The molecular formula is C28H31N5O5. The number of carbonyl (C=O) groups is 2. The van der Waals surface area contributed by atoms with Gasteiger partial charge in [0.1, 0.15) is 23.9 Å². The number of amides is 2. The van der Waals surface area contributed by atoms with Gasteiger partial charge in [-0.25, -0.2) is 4.68 Å². The van der Waals surface area contributed by atoms with Gasteiger partial charge < -0.3 is 19.9 Å². The number of para-hydroxylation sites is 1. The summed E-state index contributed by atoms with van der Waals surface area (Å²) in [4.78, 5) is 29.3. The second-order valence-electron chi connectivity index (χ2n) is 9.77. The summed E-state index contributed by atoms with van der Waals surface area (Å²) in [5.74, 6) is -0.241. The smallest absolute Gasteiger partial charge is 0.249 e. The molecule has 3 aromatic carbocycles. The van der Waals surface area contributed by atoms with Crippen molar-refractivity contribution in [3.8, 4) is 17.2 Å². The van der Waals surface area contributed by atoms with Crippen LogP contribution in [0.1, 0.15) is 32.4 Å². The van der Waals surface area contributed by atoms with Gasteiger partial charge in [-0.1, -0.05) is 29.5 Å². The number of fused-ring (bicyclic) bond motifs is 1. The van der Waals surface area contributed by atoms with E-state index in [0.717, 1.165) is 0 Å². The van der Waals surface area contributed by atoms with Gasteiger partial charge in [0.15, 0.2) is 11.5 Å². The second-order valence-corrected chi connectivity index (χ2v) is 9.77. The molecular weight excluding hydrogens is 486 g/mol. The SMILES string of the molecule is COc1cccc(N(C(=O)Cn2nnc3ccccc32)[C@@H](C(=O)NC(C)(C)C)c2ccc(OC)c(O)c2)c1. The normalized spacial score (nSPS) is 12.1. The van der Waals surface area contributed by atoms with Crippen LogP contribution in [0.5, 0.6) is 17.2 Å². The molecule has 0 bridgehead atoms. The number of nitrogens with one attached hydrogen (secondary N) is 1. The zero-order valence-electron chi connectivity index (χ0n) is 22.0. The Morgan fingerprint density at radius 1 is 1.03 bits per heavy atom. The van der Waals surface area contributed by atoms with Crippen molar-refractivity contribution < 1.29 is 24.2 Å². The van der Waals surface area contributed by atoms with Gasteiger partial charge in [-0.05, 0) is 62.7 Å². The lowest BCUT2D eigenvalue weighted by atomic mass is 10.00. The van der Waals surface area contributed by atoms with Crippen LogP contribution in [0.2, 0.25) is 0 Å². The third-order valence-corrected chi connectivity index (χ3v) is 5.83. The van der Waals surface area contributed by atoms with Crippen LogP contribution < -0.4 is 19.7 Å². The average molecular weight is 518 g/mol. The first kappa shape index (κ1) is 26.5. The summed E-state index contributed by atoms with van der Waals surface area (Å²) in [6.45, 7) is 5.38. The van der Waals surface area contributed by atoms with E-state index < -0.39 is 23.4 Å². The molecule has 0 aliphatic heterocycles. The molecule has 0 aliphatic carbocycles. The molecule has 1 atom stereocenters. The molecule has 38 heavy (non-hydrogen) atoms. The van der Waals surface area contributed by atoms with Crippen molar-refractivity contribution in [2.45, 2.75) is 38.9 Å². The molecule has 10 nitrogen and oxygen atoms in total. The standard InChI is InChI=1S/C28H31N5O5/c1-28(2,3)29-27(36)26(18-13-14-24(38-5)23(34)15-18)33(19-9-8-10-20(16-19)37-4)25(35)17-32-22-12-7-6-11-21(22)30-31-32/h6-16,26,34H,17H2,1-5H3,(H,29,36)/t26-/m1/s1. The van der Waals surface area contributed by atoms with Gasteiger partial charge in [-0.2, -0.15) is 0 Å². The van der Waals surface area contributed by atoms with E-state index in [4.69, 9.17) is 9.47 Å². The van der Waals surface area contributed by atoms with E-state index in [1.807, 2.05) is 45.0 Å². The number of hydrogen-bond acceptors (Lipinski definition) is 7. The van der Waals surface area contributed by atoms with Gasteiger partial charge in [0.25, 0.3) is 0 Å². The highest BCUT2D eigenvalue weighted by molar-refractivity contribution is 6.02. The number of rotatable bonds is 8. The summed E-state index contributed by atoms with van der Waals surface area (Å²) in [5.41, 5.74) is 1.57. The fraction of sp³-hybridized carbons (Fsp3) is 0.286. The van der Waals surface area contributed by atoms with Crippen molar-refractivity contribution in [2.75, 3.05) is 19.1 Å². The Hall–Kier alpha value is -4.60. The number of benzene rings is 3. The Labute approximate surface area is 220 Å². The molecule has 1 heterocycles. The molecule has 1 aromatic heterocycles. The molecule has 0 aliphatic rings. The minimum Gasteiger partial charge on any atom is -0.504 e. The Morgan fingerprint density at radius 3 is 2.47 bits per heavy atom. The molecule has 2 N–H and O–H groups in total. The van der Waals surface area contributed by atoms with Crippen LogP contribution in [0.25, 0.3) is 11.0 Å². The maximum Gasteiger partial charge on any atom is 0.249 e. The first-order chi connectivity index (χ1) is 18.1. The highest BCUT2D eigenvalue weighted by Gasteiger charge is 2.35. The van der Waals surface area contributed by atoms with Gasteiger partial charge in [0.2, 0.25) is 11.8 Å². The molecule has 0 fully saturated rings. The Kier molecular flexibility index (Phi) is 7.52. The molecule has 10 heteroatoms. The highest BCUT2D eigenvalue weighted by Crippen LogP contribution is 2.35. The van der Waals surface area contributed by atoms with Crippen LogP contribution in [0, 0.1) is 0 Å². The largest absolute Gasteiger partial charge is 0.504 e. The lowest BCUT2D eigenvalue weighted by Crippen LogP contribution is -2.50. The number of phenols is 1. The minimum atomic E-state index is -1.14. The zero-order chi connectivity index (χ0) is 27.4. The van der Waals surface area contributed by atoms with Crippen molar-refractivity contribution in [3.05, 3.63) is 72.3 Å². The second kappa shape index (κ2) is 10.8. The van der Waals surface area contributed by atoms with Gasteiger partial charge >= 0.3 is 0 Å². The number of methoxy groups -OCH3 is 2. The summed E-state index contributed by atoms with van der Waals surface area (Å²) in [7, 11) is 2.96. The van der Waals surface area contributed by atoms with Crippen LogP contribution in [0.3, 0.4) is 0 Å². The molecule has 2 amide bonds. The third kappa shape index (κ3) is 5.69. The van der Waals surface area contributed by atoms with Crippen molar-refractivity contribution in [2.24, 2.45) is 0 Å². The van der Waals surface area contributed by atoms with Crippen LogP contribution in [-0.4, -0.2) is 51.7 Å². The lowest BCUT2D eigenvalue weighted by molar-refractivity contribution is -0.128. The van der Waals surface area contributed by atoms with E-state index >= 15 is 0 Å². The number of phenolic OH excluding ortho intramolecular Hbond substituents is 1.